The minimum absolute atomic E-state index is 0. The van der Waals surface area contributed by atoms with Crippen LogP contribution in [-0.2, 0) is 19.5 Å². The van der Waals surface area contributed by atoms with Gasteiger partial charge in [-0.25, -0.2) is 0 Å². The Morgan fingerprint density at radius 1 is 1.36 bits per heavy atom. The van der Waals surface area contributed by atoms with Crippen LogP contribution in [0.3, 0.4) is 0 Å². The summed E-state index contributed by atoms with van der Waals surface area (Å²) in [6.07, 6.45) is 4.20. The molecule has 2 nitrogen and oxygen atoms in total. The van der Waals surface area contributed by atoms with E-state index in [1.165, 1.54) is 0 Å². The molecule has 0 unspecified atom stereocenters. The maximum Gasteiger partial charge on any atom is 2.00 e. The van der Waals surface area contributed by atoms with Gasteiger partial charge in [-0.15, -0.1) is 0 Å². The molecule has 11 heavy (non-hydrogen) atoms. The van der Waals surface area contributed by atoms with Crippen molar-refractivity contribution in [3.8, 4) is 0 Å². The number of hydrogen-bond acceptors (Lipinski definition) is 2. The largest absolute Gasteiger partial charge is 2.00 e. The maximum atomic E-state index is 2.25. The first-order valence-electron chi connectivity index (χ1n) is 2.95. The normalized spacial score (nSPS) is 13.3. The summed E-state index contributed by atoms with van der Waals surface area (Å²) < 4.78 is 0. The van der Waals surface area contributed by atoms with Crippen LogP contribution in [0.5, 0.6) is 0 Å². The van der Waals surface area contributed by atoms with E-state index >= 15 is 0 Å². The Balaban J connectivity index is -0.000000213. The Morgan fingerprint density at radius 3 is 2.09 bits per heavy atom. The maximum absolute atomic E-state index is 2.25. The third kappa shape index (κ3) is 5.95. The van der Waals surface area contributed by atoms with Crippen LogP contribution < -0.4 is 29.4 Å². The van der Waals surface area contributed by atoms with Gasteiger partial charge >= 0.3 is 19.5 Å². The molecule has 0 fully saturated rings. The number of hydrogen-bond donors (Lipinski definition) is 0. The number of rotatable bonds is 1. The second-order valence-corrected chi connectivity index (χ2v) is 2.10. The van der Waals surface area contributed by atoms with Crippen LogP contribution in [0.1, 0.15) is 6.92 Å². The number of halogens is 2. The first-order chi connectivity index (χ1) is 3.83. The molecule has 0 saturated carbocycles. The van der Waals surface area contributed by atoms with Crippen LogP contribution in [0.25, 0.3) is 0 Å². The summed E-state index contributed by atoms with van der Waals surface area (Å²) in [5.74, 6) is 0. The van der Waals surface area contributed by atoms with E-state index in [1.54, 1.807) is 0 Å². The monoisotopic (exact) mass is 290 g/mol. The molecule has 0 N–H and O–H groups in total. The summed E-state index contributed by atoms with van der Waals surface area (Å²) >= 11 is 0. The molecule has 0 spiro atoms. The molecular formula is C6H12BrClN2Zn. The van der Waals surface area contributed by atoms with Crippen molar-refractivity contribution in [3.05, 3.63) is 12.4 Å². The first kappa shape index (κ1) is 17.7. The fourth-order valence-corrected chi connectivity index (χ4v) is 0.794. The van der Waals surface area contributed by atoms with Crippen molar-refractivity contribution in [1.29, 1.82) is 0 Å². The van der Waals surface area contributed by atoms with Gasteiger partial charge < -0.3 is 39.2 Å². The molecule has 5 heteroatoms. The number of nitrogens with zero attached hydrogens (tertiary/aromatic N) is 2. The Bertz CT molecular complexity index is 113. The smallest absolute Gasteiger partial charge is 1.00 e. The van der Waals surface area contributed by atoms with E-state index < -0.39 is 0 Å². The van der Waals surface area contributed by atoms with E-state index in [1.807, 2.05) is 0 Å². The predicted octanol–water partition coefficient (Wildman–Crippen LogP) is -5.31. The molecule has 1 heterocycles. The van der Waals surface area contributed by atoms with Gasteiger partial charge in [0.15, 0.2) is 0 Å². The van der Waals surface area contributed by atoms with Gasteiger partial charge in [0.25, 0.3) is 0 Å². The molecule has 0 amide bonds. The Morgan fingerprint density at radius 2 is 1.91 bits per heavy atom. The van der Waals surface area contributed by atoms with Crippen LogP contribution >= 0.6 is 0 Å². The summed E-state index contributed by atoms with van der Waals surface area (Å²) in [5, 5.41) is 0. The van der Waals surface area contributed by atoms with Gasteiger partial charge in [0, 0.05) is 26.0 Å². The molecule has 0 atom stereocenters. The molecular weight excluding hydrogens is 281 g/mol. The van der Waals surface area contributed by atoms with Crippen LogP contribution in [0.15, 0.2) is 12.4 Å². The van der Waals surface area contributed by atoms with Gasteiger partial charge in [0.2, 0.25) is 0 Å². The molecule has 1 aliphatic rings. The molecule has 0 bridgehead atoms. The second kappa shape index (κ2) is 8.83. The van der Waals surface area contributed by atoms with Crippen molar-refractivity contribution in [1.82, 2.24) is 9.80 Å². The molecule has 0 aromatic rings. The van der Waals surface area contributed by atoms with Gasteiger partial charge in [0.05, 0.1) is 6.67 Å². The SMILES string of the molecule is CCN1C=CN(C)C1.[Br-].[Cl-].[Zn+2]. The molecule has 1 rings (SSSR count). The van der Waals surface area contributed by atoms with Crippen molar-refractivity contribution < 1.29 is 48.9 Å². The standard InChI is InChI=1S/C6H12N2.BrH.ClH.Zn/c1-3-8-5-4-7(2)6-8;;;/h4-5H,3,6H2,1-2H3;2*1H;/q;;;+2/p-2. The fraction of sp³-hybridized carbons (Fsp3) is 0.667. The summed E-state index contributed by atoms with van der Waals surface area (Å²) in [6, 6.07) is 0. The van der Waals surface area contributed by atoms with E-state index in [2.05, 4.69) is 36.2 Å². The van der Waals surface area contributed by atoms with Gasteiger partial charge in [-0.1, -0.05) is 0 Å². The third-order valence-corrected chi connectivity index (χ3v) is 1.34. The Hall–Kier alpha value is 0.733. The van der Waals surface area contributed by atoms with Crippen LogP contribution in [0, 0.1) is 0 Å². The molecule has 0 aromatic carbocycles. The van der Waals surface area contributed by atoms with Crippen molar-refractivity contribution in [3.63, 3.8) is 0 Å². The Kier molecular flexibility index (Phi) is 14.2. The molecule has 1 aliphatic heterocycles. The van der Waals surface area contributed by atoms with Crippen LogP contribution in [0.4, 0.5) is 0 Å². The average molecular weight is 293 g/mol. The van der Waals surface area contributed by atoms with E-state index in [0.717, 1.165) is 13.2 Å². The first-order valence-corrected chi connectivity index (χ1v) is 2.95. The van der Waals surface area contributed by atoms with Crippen molar-refractivity contribution >= 4 is 0 Å². The van der Waals surface area contributed by atoms with Crippen molar-refractivity contribution in [2.45, 2.75) is 6.92 Å². The zero-order valence-electron chi connectivity index (χ0n) is 6.93. The van der Waals surface area contributed by atoms with Crippen LogP contribution in [0.2, 0.25) is 0 Å². The topological polar surface area (TPSA) is 6.48 Å². The fourth-order valence-electron chi connectivity index (χ4n) is 0.794. The predicted molar refractivity (Wildman–Crippen MR) is 34.1 cm³/mol. The van der Waals surface area contributed by atoms with Crippen LogP contribution in [-0.4, -0.2) is 30.1 Å². The second-order valence-electron chi connectivity index (χ2n) is 2.10. The molecule has 0 saturated heterocycles. The molecule has 0 aliphatic carbocycles. The summed E-state index contributed by atoms with van der Waals surface area (Å²) in [4.78, 5) is 4.41. The van der Waals surface area contributed by atoms with Gasteiger partial charge in [0.1, 0.15) is 0 Å². The zero-order chi connectivity index (χ0) is 5.98. The summed E-state index contributed by atoms with van der Waals surface area (Å²) in [7, 11) is 2.08. The van der Waals surface area contributed by atoms with Crippen molar-refractivity contribution in [2.75, 3.05) is 20.3 Å². The minimum Gasteiger partial charge on any atom is -1.00 e. The average Bonchev–Trinajstić information content (AvgIpc) is 2.14. The van der Waals surface area contributed by atoms with Gasteiger partial charge in [-0.3, -0.25) is 0 Å². The molecule has 0 aromatic heterocycles. The summed E-state index contributed by atoms with van der Waals surface area (Å²) in [6.45, 7) is 4.32. The van der Waals surface area contributed by atoms with Gasteiger partial charge in [-0.05, 0) is 6.92 Å². The molecule has 0 radical (unpaired) electrons. The molecule has 62 valence electrons. The quantitative estimate of drug-likeness (QED) is 0.446. The summed E-state index contributed by atoms with van der Waals surface area (Å²) in [5.41, 5.74) is 0. The van der Waals surface area contributed by atoms with E-state index in [9.17, 15) is 0 Å². The third-order valence-electron chi connectivity index (χ3n) is 1.34. The van der Waals surface area contributed by atoms with Crippen molar-refractivity contribution in [2.24, 2.45) is 0 Å². The van der Waals surface area contributed by atoms with Gasteiger partial charge in [-0.2, -0.15) is 0 Å². The Labute approximate surface area is 97.9 Å². The zero-order valence-corrected chi connectivity index (χ0v) is 12.2. The van der Waals surface area contributed by atoms with E-state index in [0.29, 0.717) is 0 Å². The minimum atomic E-state index is 0. The van der Waals surface area contributed by atoms with E-state index in [4.69, 9.17) is 0 Å². The van der Waals surface area contributed by atoms with E-state index in [-0.39, 0.29) is 48.9 Å².